The summed E-state index contributed by atoms with van der Waals surface area (Å²) >= 11 is 1.07. The molecule has 82 valence electrons. The molecule has 0 spiro atoms. The second-order valence-electron chi connectivity index (χ2n) is 2.80. The van der Waals surface area contributed by atoms with Crippen LogP contribution in [-0.2, 0) is 4.74 Å². The van der Waals surface area contributed by atoms with Crippen LogP contribution in [0.5, 0.6) is 0 Å². The quantitative estimate of drug-likeness (QED) is 0.767. The molecule has 0 aliphatic heterocycles. The van der Waals surface area contributed by atoms with Gasteiger partial charge in [0.05, 0.1) is 12.2 Å². The number of aromatic carboxylic acids is 1. The van der Waals surface area contributed by atoms with E-state index < -0.39 is 11.9 Å². The van der Waals surface area contributed by atoms with E-state index in [1.165, 1.54) is 0 Å². The largest absolute Gasteiger partial charge is 0.478 e. The number of thiophene rings is 1. The Morgan fingerprint density at radius 1 is 1.47 bits per heavy atom. The first-order valence-corrected chi connectivity index (χ1v) is 5.10. The molecular formula is C9H11NO4S. The summed E-state index contributed by atoms with van der Waals surface area (Å²) < 4.78 is 4.74. The Hall–Kier alpha value is -1.56. The fraction of sp³-hybridized carbons (Fsp3) is 0.333. The van der Waals surface area contributed by atoms with Gasteiger partial charge in [-0.1, -0.05) is 0 Å². The number of rotatable bonds is 3. The van der Waals surface area contributed by atoms with E-state index in [4.69, 9.17) is 15.6 Å². The Balaban J connectivity index is 3.26. The maximum absolute atomic E-state index is 11.4. The molecule has 6 heteroatoms. The van der Waals surface area contributed by atoms with E-state index in [2.05, 4.69) is 0 Å². The van der Waals surface area contributed by atoms with Crippen molar-refractivity contribution >= 4 is 28.3 Å². The minimum absolute atomic E-state index is 0.0353. The van der Waals surface area contributed by atoms with E-state index in [0.717, 1.165) is 11.3 Å². The topological polar surface area (TPSA) is 89.6 Å². The van der Waals surface area contributed by atoms with Gasteiger partial charge >= 0.3 is 11.9 Å². The van der Waals surface area contributed by atoms with Crippen LogP contribution in [0.4, 0.5) is 5.00 Å². The molecule has 0 aromatic carbocycles. The third-order valence-corrected chi connectivity index (χ3v) is 2.74. The minimum Gasteiger partial charge on any atom is -0.478 e. The summed E-state index contributed by atoms with van der Waals surface area (Å²) in [5.74, 6) is -1.85. The van der Waals surface area contributed by atoms with Gasteiger partial charge in [-0.15, -0.1) is 11.3 Å². The van der Waals surface area contributed by atoms with Gasteiger partial charge in [0, 0.05) is 4.88 Å². The van der Waals surface area contributed by atoms with E-state index in [-0.39, 0.29) is 22.7 Å². The number of nitrogen functional groups attached to an aromatic ring is 1. The van der Waals surface area contributed by atoms with Gasteiger partial charge < -0.3 is 15.6 Å². The molecule has 15 heavy (non-hydrogen) atoms. The predicted octanol–water partition coefficient (Wildman–Crippen LogP) is 1.51. The molecule has 0 radical (unpaired) electrons. The van der Waals surface area contributed by atoms with E-state index in [1.54, 1.807) is 13.8 Å². The SMILES string of the molecule is CCOC(=O)c1c(N)sc(C)c1C(=O)O. The van der Waals surface area contributed by atoms with E-state index >= 15 is 0 Å². The summed E-state index contributed by atoms with van der Waals surface area (Å²) in [5.41, 5.74) is 5.47. The van der Waals surface area contributed by atoms with Crippen LogP contribution in [0, 0.1) is 6.92 Å². The van der Waals surface area contributed by atoms with E-state index in [9.17, 15) is 9.59 Å². The van der Waals surface area contributed by atoms with Crippen molar-refractivity contribution in [3.8, 4) is 0 Å². The van der Waals surface area contributed by atoms with Gasteiger partial charge in [0.2, 0.25) is 0 Å². The molecule has 1 aromatic heterocycles. The predicted molar refractivity (Wildman–Crippen MR) is 56.4 cm³/mol. The van der Waals surface area contributed by atoms with Crippen molar-refractivity contribution < 1.29 is 19.4 Å². The van der Waals surface area contributed by atoms with E-state index in [0.29, 0.717) is 4.88 Å². The number of hydrogen-bond donors (Lipinski definition) is 2. The number of nitrogens with two attached hydrogens (primary N) is 1. The smallest absolute Gasteiger partial charge is 0.342 e. The first-order chi connectivity index (χ1) is 6.99. The molecule has 0 fully saturated rings. The summed E-state index contributed by atoms with van der Waals surface area (Å²) in [6.45, 7) is 3.44. The van der Waals surface area contributed by atoms with Gasteiger partial charge in [0.1, 0.15) is 10.6 Å². The molecular weight excluding hydrogens is 218 g/mol. The molecule has 0 saturated heterocycles. The summed E-state index contributed by atoms with van der Waals surface area (Å²) in [7, 11) is 0. The van der Waals surface area contributed by atoms with Crippen molar-refractivity contribution in [3.05, 3.63) is 16.0 Å². The highest BCUT2D eigenvalue weighted by Gasteiger charge is 2.25. The Labute approximate surface area is 90.5 Å². The minimum atomic E-state index is -1.16. The zero-order valence-electron chi connectivity index (χ0n) is 8.36. The maximum atomic E-state index is 11.4. The second-order valence-corrected chi connectivity index (χ2v) is 4.05. The number of aryl methyl sites for hydroxylation is 1. The average Bonchev–Trinajstić information content (AvgIpc) is 2.41. The molecule has 0 atom stereocenters. The number of anilines is 1. The molecule has 1 rings (SSSR count). The molecule has 0 aliphatic carbocycles. The molecule has 5 nitrogen and oxygen atoms in total. The van der Waals surface area contributed by atoms with Crippen LogP contribution in [0.15, 0.2) is 0 Å². The summed E-state index contributed by atoms with van der Waals surface area (Å²) in [6, 6.07) is 0. The molecule has 1 aromatic rings. The zero-order valence-corrected chi connectivity index (χ0v) is 9.18. The first-order valence-electron chi connectivity index (χ1n) is 4.28. The normalized spacial score (nSPS) is 10.0. The lowest BCUT2D eigenvalue weighted by Gasteiger charge is -2.02. The van der Waals surface area contributed by atoms with Crippen LogP contribution in [0.3, 0.4) is 0 Å². The van der Waals surface area contributed by atoms with E-state index in [1.807, 2.05) is 0 Å². The van der Waals surface area contributed by atoms with Crippen LogP contribution in [0.1, 0.15) is 32.5 Å². The van der Waals surface area contributed by atoms with Gasteiger partial charge in [-0.3, -0.25) is 0 Å². The lowest BCUT2D eigenvalue weighted by molar-refractivity contribution is 0.0516. The summed E-state index contributed by atoms with van der Waals surface area (Å²) in [4.78, 5) is 22.9. The number of carbonyl (C=O) groups excluding carboxylic acids is 1. The molecule has 0 amide bonds. The molecule has 0 unspecified atom stereocenters. The number of ether oxygens (including phenoxy) is 1. The van der Waals surface area contributed by atoms with Gasteiger partial charge in [-0.2, -0.15) is 0 Å². The van der Waals surface area contributed by atoms with Crippen LogP contribution in [-0.4, -0.2) is 23.7 Å². The monoisotopic (exact) mass is 229 g/mol. The second kappa shape index (κ2) is 4.31. The average molecular weight is 229 g/mol. The lowest BCUT2D eigenvalue weighted by atomic mass is 10.1. The van der Waals surface area contributed by atoms with Crippen LogP contribution < -0.4 is 5.73 Å². The highest BCUT2D eigenvalue weighted by atomic mass is 32.1. The molecule has 0 aliphatic rings. The van der Waals surface area contributed by atoms with Crippen molar-refractivity contribution in [2.75, 3.05) is 12.3 Å². The van der Waals surface area contributed by atoms with Gasteiger partial charge in [-0.05, 0) is 13.8 Å². The lowest BCUT2D eigenvalue weighted by Crippen LogP contribution is -2.11. The standard InChI is InChI=1S/C9H11NO4S/c1-3-14-9(13)6-5(8(11)12)4(2)15-7(6)10/h3,10H2,1-2H3,(H,11,12). The van der Waals surface area contributed by atoms with Gasteiger partial charge in [0.25, 0.3) is 0 Å². The third kappa shape index (κ3) is 2.10. The zero-order chi connectivity index (χ0) is 11.6. The number of carboxylic acids is 1. The molecule has 3 N–H and O–H groups in total. The Morgan fingerprint density at radius 2 is 2.07 bits per heavy atom. The number of carboxylic acid groups (broad SMARTS) is 1. The summed E-state index contributed by atoms with van der Waals surface area (Å²) in [5, 5.41) is 9.10. The van der Waals surface area contributed by atoms with Crippen molar-refractivity contribution in [2.45, 2.75) is 13.8 Å². The number of carbonyl (C=O) groups is 2. The molecule has 0 bridgehead atoms. The van der Waals surface area contributed by atoms with Gasteiger partial charge in [-0.25, -0.2) is 9.59 Å². The molecule has 1 heterocycles. The fourth-order valence-electron chi connectivity index (χ4n) is 1.23. The van der Waals surface area contributed by atoms with Crippen LogP contribution >= 0.6 is 11.3 Å². The van der Waals surface area contributed by atoms with Crippen LogP contribution in [0.25, 0.3) is 0 Å². The summed E-state index contributed by atoms with van der Waals surface area (Å²) in [6.07, 6.45) is 0. The number of esters is 1. The number of hydrogen-bond acceptors (Lipinski definition) is 5. The van der Waals surface area contributed by atoms with Gasteiger partial charge in [0.15, 0.2) is 0 Å². The highest BCUT2D eigenvalue weighted by molar-refractivity contribution is 7.16. The molecule has 0 saturated carbocycles. The van der Waals surface area contributed by atoms with Crippen molar-refractivity contribution in [1.29, 1.82) is 0 Å². The Kier molecular flexibility index (Phi) is 3.31. The van der Waals surface area contributed by atoms with Crippen molar-refractivity contribution in [2.24, 2.45) is 0 Å². The van der Waals surface area contributed by atoms with Crippen LogP contribution in [0.2, 0.25) is 0 Å². The Morgan fingerprint density at radius 3 is 2.53 bits per heavy atom. The first kappa shape index (κ1) is 11.5. The Bertz CT molecular complexity index is 410. The highest BCUT2D eigenvalue weighted by Crippen LogP contribution is 2.30. The van der Waals surface area contributed by atoms with Crippen molar-refractivity contribution in [1.82, 2.24) is 0 Å². The van der Waals surface area contributed by atoms with Crippen molar-refractivity contribution in [3.63, 3.8) is 0 Å². The fourth-order valence-corrected chi connectivity index (χ4v) is 2.14. The maximum Gasteiger partial charge on any atom is 0.342 e. The third-order valence-electron chi connectivity index (χ3n) is 1.80.